The van der Waals surface area contributed by atoms with E-state index in [-0.39, 0.29) is 10.7 Å². The fourth-order valence-electron chi connectivity index (χ4n) is 4.46. The van der Waals surface area contributed by atoms with Gasteiger partial charge in [0.05, 0.1) is 18.4 Å². The molecule has 1 saturated heterocycles. The summed E-state index contributed by atoms with van der Waals surface area (Å²) in [7, 11) is 1.34. The Balaban J connectivity index is 1.68. The van der Waals surface area contributed by atoms with Gasteiger partial charge in [-0.05, 0) is 92.5 Å². The lowest BCUT2D eigenvalue weighted by atomic mass is 10.1. The van der Waals surface area contributed by atoms with Gasteiger partial charge in [0.25, 0.3) is 11.8 Å². The molecule has 8 heteroatoms. The second-order valence-electron chi connectivity index (χ2n) is 8.93. The topological polar surface area (TPSA) is 80.6 Å². The number of carbonyl (C=O) groups is 3. The van der Waals surface area contributed by atoms with Crippen molar-refractivity contribution in [1.82, 2.24) is 9.88 Å². The van der Waals surface area contributed by atoms with Gasteiger partial charge in [-0.25, -0.2) is 4.79 Å². The van der Waals surface area contributed by atoms with Crippen LogP contribution >= 0.6 is 12.2 Å². The van der Waals surface area contributed by atoms with Crippen LogP contribution in [0.2, 0.25) is 0 Å². The monoisotopic (exact) mass is 515 g/mol. The van der Waals surface area contributed by atoms with E-state index in [1.54, 1.807) is 24.3 Å². The molecule has 4 rings (SSSR count). The highest BCUT2D eigenvalue weighted by atomic mass is 32.1. The highest BCUT2D eigenvalue weighted by Crippen LogP contribution is 2.27. The van der Waals surface area contributed by atoms with E-state index in [1.807, 2.05) is 54.8 Å². The largest absolute Gasteiger partial charge is 0.465 e. The average Bonchev–Trinajstić information content (AvgIpc) is 3.17. The highest BCUT2D eigenvalue weighted by Gasteiger charge is 2.34. The highest BCUT2D eigenvalue weighted by molar-refractivity contribution is 7.80. The molecule has 0 saturated carbocycles. The molecule has 0 aliphatic carbocycles. The zero-order valence-corrected chi connectivity index (χ0v) is 22.1. The summed E-state index contributed by atoms with van der Waals surface area (Å²) in [6, 6.07) is 16.7. The number of esters is 1. The maximum absolute atomic E-state index is 13.5. The fraction of sp³-hybridized carbons (Fsp3) is 0.241. The molecule has 37 heavy (non-hydrogen) atoms. The first-order valence-corrected chi connectivity index (χ1v) is 12.5. The third kappa shape index (κ3) is 5.24. The van der Waals surface area contributed by atoms with Gasteiger partial charge in [0, 0.05) is 17.1 Å². The lowest BCUT2D eigenvalue weighted by molar-refractivity contribution is -0.122. The molecular weight excluding hydrogens is 486 g/mol. The standard InChI is InChI=1S/C29H29N3O4S/c1-5-6-8-20-11-13-23(14-12-20)32-27(34)25(26(33)30-29(32)37)17-22-15-18(2)31(19(22)3)24-10-7-9-21(16-24)28(35)36-4/h7,9-17H,5-6,8H2,1-4H3,(H,30,33,37)/b25-17+. The van der Waals surface area contributed by atoms with E-state index in [0.29, 0.717) is 16.8 Å². The normalized spacial score (nSPS) is 14.8. The Morgan fingerprint density at radius 1 is 1.05 bits per heavy atom. The SMILES string of the molecule is CCCCc1ccc(N2C(=O)/C(=C/c3cc(C)n(-c4cccc(C(=O)OC)c4)c3C)C(=O)NC2=S)cc1. The quantitative estimate of drug-likeness (QED) is 0.206. The molecule has 2 amide bonds. The number of aromatic nitrogens is 1. The van der Waals surface area contributed by atoms with E-state index in [0.717, 1.165) is 36.3 Å². The molecule has 0 spiro atoms. The van der Waals surface area contributed by atoms with Gasteiger partial charge in [-0.15, -0.1) is 0 Å². The predicted molar refractivity (Wildman–Crippen MR) is 148 cm³/mol. The first-order valence-electron chi connectivity index (χ1n) is 12.1. The number of aryl methyl sites for hydroxylation is 2. The molecular formula is C29H29N3O4S. The van der Waals surface area contributed by atoms with Crippen molar-refractivity contribution in [3.8, 4) is 5.69 Å². The molecule has 2 heterocycles. The van der Waals surface area contributed by atoms with Gasteiger partial charge in [-0.3, -0.25) is 19.8 Å². The van der Waals surface area contributed by atoms with Gasteiger partial charge in [0.2, 0.25) is 0 Å². The molecule has 3 aromatic rings. The Bertz CT molecular complexity index is 1420. The fourth-order valence-corrected chi connectivity index (χ4v) is 4.74. The molecule has 1 aliphatic heterocycles. The molecule has 1 N–H and O–H groups in total. The Kier molecular flexibility index (Phi) is 7.69. The molecule has 0 radical (unpaired) electrons. The summed E-state index contributed by atoms with van der Waals surface area (Å²) in [5.74, 6) is -1.44. The van der Waals surface area contributed by atoms with Crippen molar-refractivity contribution in [2.45, 2.75) is 40.0 Å². The van der Waals surface area contributed by atoms with Gasteiger partial charge < -0.3 is 9.30 Å². The summed E-state index contributed by atoms with van der Waals surface area (Å²) < 4.78 is 6.80. The number of unbranched alkanes of at least 4 members (excludes halogenated alkanes) is 1. The summed E-state index contributed by atoms with van der Waals surface area (Å²) in [6.07, 6.45) is 4.75. The molecule has 0 bridgehead atoms. The second kappa shape index (κ2) is 10.9. The number of methoxy groups -OCH3 is 1. The Labute approximate surface area is 221 Å². The molecule has 0 atom stereocenters. The first kappa shape index (κ1) is 26.0. The van der Waals surface area contributed by atoms with Gasteiger partial charge in [-0.2, -0.15) is 0 Å². The van der Waals surface area contributed by atoms with E-state index in [9.17, 15) is 14.4 Å². The van der Waals surface area contributed by atoms with Crippen LogP contribution < -0.4 is 10.2 Å². The number of ether oxygens (including phenoxy) is 1. The zero-order chi connectivity index (χ0) is 26.7. The molecule has 7 nitrogen and oxygen atoms in total. The van der Waals surface area contributed by atoms with Crippen molar-refractivity contribution >= 4 is 46.9 Å². The molecule has 1 aliphatic rings. The van der Waals surface area contributed by atoms with Crippen LogP contribution in [-0.2, 0) is 20.7 Å². The molecule has 2 aromatic carbocycles. The molecule has 0 unspecified atom stereocenters. The minimum absolute atomic E-state index is 0.00720. The Hall–Kier alpha value is -4.04. The summed E-state index contributed by atoms with van der Waals surface area (Å²) in [4.78, 5) is 39.7. The number of hydrogen-bond acceptors (Lipinski definition) is 5. The van der Waals surface area contributed by atoms with Crippen molar-refractivity contribution in [1.29, 1.82) is 0 Å². The summed E-state index contributed by atoms with van der Waals surface area (Å²) in [5.41, 5.74) is 5.38. The Morgan fingerprint density at radius 2 is 1.78 bits per heavy atom. The van der Waals surface area contributed by atoms with E-state index in [4.69, 9.17) is 17.0 Å². The number of thiocarbonyl (C=S) groups is 1. The molecule has 1 aromatic heterocycles. The van der Waals surface area contributed by atoms with Crippen LogP contribution in [-0.4, -0.2) is 34.6 Å². The number of nitrogens with one attached hydrogen (secondary N) is 1. The number of hydrogen-bond donors (Lipinski definition) is 1. The van der Waals surface area contributed by atoms with Gasteiger partial charge in [-0.1, -0.05) is 31.5 Å². The van der Waals surface area contributed by atoms with Crippen LogP contribution in [0.4, 0.5) is 5.69 Å². The number of anilines is 1. The number of amides is 2. The predicted octanol–water partition coefficient (Wildman–Crippen LogP) is 5.05. The van der Waals surface area contributed by atoms with Crippen molar-refractivity contribution in [2.24, 2.45) is 0 Å². The Morgan fingerprint density at radius 3 is 2.46 bits per heavy atom. The number of carbonyl (C=O) groups excluding carboxylic acids is 3. The van der Waals surface area contributed by atoms with Gasteiger partial charge in [0.1, 0.15) is 5.57 Å². The second-order valence-corrected chi connectivity index (χ2v) is 9.32. The summed E-state index contributed by atoms with van der Waals surface area (Å²) in [5, 5.41) is 2.70. The third-order valence-electron chi connectivity index (χ3n) is 6.41. The molecule has 190 valence electrons. The average molecular weight is 516 g/mol. The number of benzene rings is 2. The van der Waals surface area contributed by atoms with Crippen molar-refractivity contribution in [3.05, 3.63) is 88.2 Å². The number of rotatable bonds is 7. The lowest BCUT2D eigenvalue weighted by Crippen LogP contribution is -2.54. The van der Waals surface area contributed by atoms with E-state index < -0.39 is 17.8 Å². The lowest BCUT2D eigenvalue weighted by Gasteiger charge is -2.29. The minimum Gasteiger partial charge on any atom is -0.465 e. The maximum Gasteiger partial charge on any atom is 0.337 e. The molecule has 1 fully saturated rings. The van der Waals surface area contributed by atoms with E-state index in [2.05, 4.69) is 12.2 Å². The van der Waals surface area contributed by atoms with E-state index >= 15 is 0 Å². The van der Waals surface area contributed by atoms with Crippen molar-refractivity contribution in [3.63, 3.8) is 0 Å². The van der Waals surface area contributed by atoms with E-state index in [1.165, 1.54) is 17.6 Å². The summed E-state index contributed by atoms with van der Waals surface area (Å²) in [6.45, 7) is 5.96. The van der Waals surface area contributed by atoms with Crippen LogP contribution in [0.3, 0.4) is 0 Å². The smallest absolute Gasteiger partial charge is 0.337 e. The third-order valence-corrected chi connectivity index (χ3v) is 6.70. The van der Waals surface area contributed by atoms with Crippen molar-refractivity contribution in [2.75, 3.05) is 12.0 Å². The van der Waals surface area contributed by atoms with Crippen LogP contribution in [0.25, 0.3) is 11.8 Å². The minimum atomic E-state index is -0.539. The number of nitrogens with zero attached hydrogens (tertiary/aromatic N) is 2. The first-order chi connectivity index (χ1) is 17.7. The zero-order valence-electron chi connectivity index (χ0n) is 21.3. The maximum atomic E-state index is 13.5. The van der Waals surface area contributed by atoms with Gasteiger partial charge in [0.15, 0.2) is 5.11 Å². The van der Waals surface area contributed by atoms with Crippen LogP contribution in [0, 0.1) is 13.8 Å². The van der Waals surface area contributed by atoms with Crippen LogP contribution in [0.15, 0.2) is 60.2 Å². The van der Waals surface area contributed by atoms with Crippen LogP contribution in [0.1, 0.15) is 52.6 Å². The van der Waals surface area contributed by atoms with Crippen molar-refractivity contribution < 1.29 is 19.1 Å². The summed E-state index contributed by atoms with van der Waals surface area (Å²) >= 11 is 5.35. The van der Waals surface area contributed by atoms with Crippen LogP contribution in [0.5, 0.6) is 0 Å². The van der Waals surface area contributed by atoms with Gasteiger partial charge >= 0.3 is 5.97 Å².